The Kier molecular flexibility index (Phi) is 7.01. The van der Waals surface area contributed by atoms with E-state index in [0.717, 1.165) is 25.7 Å². The minimum atomic E-state index is -0.772. The van der Waals surface area contributed by atoms with Gasteiger partial charge in [-0.3, -0.25) is 4.79 Å². The van der Waals surface area contributed by atoms with Crippen LogP contribution in [0.4, 0.5) is 0 Å². The minimum absolute atomic E-state index is 0.0510. The molecule has 27 heavy (non-hydrogen) atoms. The third kappa shape index (κ3) is 3.44. The van der Waals surface area contributed by atoms with Gasteiger partial charge in [-0.15, -0.1) is 0 Å². The fourth-order valence-electron chi connectivity index (χ4n) is 6.77. The summed E-state index contributed by atoms with van der Waals surface area (Å²) in [5.41, 5.74) is 1.58. The molecule has 0 spiro atoms. The second-order valence-electron chi connectivity index (χ2n) is 9.43. The van der Waals surface area contributed by atoms with Crippen LogP contribution in [0.2, 0.25) is 0 Å². The molecular weight excluding hydrogens is 336 g/mol. The van der Waals surface area contributed by atoms with Crippen molar-refractivity contribution in [2.75, 3.05) is 0 Å². The van der Waals surface area contributed by atoms with Gasteiger partial charge in [-0.05, 0) is 67.1 Å². The quantitative estimate of drug-likeness (QED) is 0.653. The molecule has 156 valence electrons. The molecule has 0 aromatic heterocycles. The fraction of sp³-hybridized carbons (Fsp3) is 0.875. The molecule has 0 radical (unpaired) electrons. The van der Waals surface area contributed by atoms with E-state index in [1.54, 1.807) is 0 Å². The Labute approximate surface area is 166 Å². The molecule has 8 atom stereocenters. The van der Waals surface area contributed by atoms with Crippen molar-refractivity contribution >= 4 is 5.78 Å². The normalized spacial score (nSPS) is 48.8. The van der Waals surface area contributed by atoms with E-state index < -0.39 is 12.2 Å². The highest BCUT2D eigenvalue weighted by Gasteiger charge is 2.60. The molecule has 0 heterocycles. The molecular formula is C24H42O3. The van der Waals surface area contributed by atoms with E-state index in [2.05, 4.69) is 40.7 Å². The third-order valence-corrected chi connectivity index (χ3v) is 8.84. The highest BCUT2D eigenvalue weighted by Crippen LogP contribution is 2.62. The van der Waals surface area contributed by atoms with Crippen LogP contribution >= 0.6 is 0 Å². The first-order valence-corrected chi connectivity index (χ1v) is 11.2. The Morgan fingerprint density at radius 2 is 1.74 bits per heavy atom. The van der Waals surface area contributed by atoms with Crippen molar-refractivity contribution < 1.29 is 15.0 Å². The van der Waals surface area contributed by atoms with Crippen LogP contribution in [-0.2, 0) is 4.79 Å². The molecule has 2 N–H and O–H groups in total. The van der Waals surface area contributed by atoms with Gasteiger partial charge in [0.2, 0.25) is 0 Å². The van der Waals surface area contributed by atoms with E-state index in [1.165, 1.54) is 5.57 Å². The summed E-state index contributed by atoms with van der Waals surface area (Å²) >= 11 is 0. The molecule has 3 heteroatoms. The van der Waals surface area contributed by atoms with Gasteiger partial charge in [0.1, 0.15) is 5.78 Å². The molecule has 0 bridgehead atoms. The second kappa shape index (κ2) is 8.37. The highest BCUT2D eigenvalue weighted by molar-refractivity contribution is 5.79. The van der Waals surface area contributed by atoms with Crippen LogP contribution in [0.1, 0.15) is 87.0 Å². The minimum Gasteiger partial charge on any atom is -0.390 e. The van der Waals surface area contributed by atoms with Gasteiger partial charge in [-0.25, -0.2) is 0 Å². The predicted molar refractivity (Wildman–Crippen MR) is 111 cm³/mol. The van der Waals surface area contributed by atoms with Gasteiger partial charge in [-0.2, -0.15) is 0 Å². The van der Waals surface area contributed by atoms with Crippen molar-refractivity contribution in [1.29, 1.82) is 0 Å². The molecule has 0 aromatic rings. The lowest BCUT2D eigenvalue weighted by Crippen LogP contribution is -2.61. The zero-order valence-corrected chi connectivity index (χ0v) is 18.6. The van der Waals surface area contributed by atoms with Crippen LogP contribution in [0.5, 0.6) is 0 Å². The largest absolute Gasteiger partial charge is 0.390 e. The summed E-state index contributed by atoms with van der Waals surface area (Å²) in [7, 11) is 0. The first kappa shape index (κ1) is 22.6. The van der Waals surface area contributed by atoms with E-state index in [4.69, 9.17) is 0 Å². The first-order valence-electron chi connectivity index (χ1n) is 11.2. The molecule has 0 aliphatic heterocycles. The Morgan fingerprint density at radius 3 is 2.30 bits per heavy atom. The molecule has 3 nitrogen and oxygen atoms in total. The number of Topliss-reactive ketones (excluding diaryl/α,β-unsaturated/α-hetero) is 1. The average molecular weight is 379 g/mol. The van der Waals surface area contributed by atoms with Gasteiger partial charge in [0.05, 0.1) is 12.2 Å². The van der Waals surface area contributed by atoms with Crippen LogP contribution in [0, 0.1) is 34.5 Å². The van der Waals surface area contributed by atoms with E-state index in [9.17, 15) is 15.0 Å². The van der Waals surface area contributed by atoms with Crippen molar-refractivity contribution in [3.05, 3.63) is 11.6 Å². The Bertz CT molecular complexity index is 568. The topological polar surface area (TPSA) is 57.5 Å². The van der Waals surface area contributed by atoms with E-state index in [-0.39, 0.29) is 28.4 Å². The smallest absolute Gasteiger partial charge is 0.133 e. The molecule has 3 saturated carbocycles. The van der Waals surface area contributed by atoms with E-state index in [1.807, 2.05) is 13.8 Å². The summed E-state index contributed by atoms with van der Waals surface area (Å²) in [5.74, 6) is 0.974. The Morgan fingerprint density at radius 1 is 1.11 bits per heavy atom. The zero-order chi connectivity index (χ0) is 20.6. The molecule has 3 fully saturated rings. The number of ketones is 1. The van der Waals surface area contributed by atoms with Gasteiger partial charge in [0, 0.05) is 12.8 Å². The lowest BCUT2D eigenvalue weighted by Gasteiger charge is -2.58. The number of carbonyl (C=O) groups is 1. The lowest BCUT2D eigenvalue weighted by atomic mass is 9.48. The molecule has 3 rings (SSSR count). The van der Waals surface area contributed by atoms with Gasteiger partial charge in [0.15, 0.2) is 0 Å². The number of hydrogen-bond acceptors (Lipinski definition) is 3. The summed E-state index contributed by atoms with van der Waals surface area (Å²) < 4.78 is 0. The summed E-state index contributed by atoms with van der Waals surface area (Å²) in [6, 6.07) is 0. The van der Waals surface area contributed by atoms with Crippen molar-refractivity contribution in [2.24, 2.45) is 34.5 Å². The maximum Gasteiger partial charge on any atom is 0.133 e. The number of allylic oxidation sites excluding steroid dienone is 2. The van der Waals surface area contributed by atoms with Gasteiger partial charge < -0.3 is 10.2 Å². The van der Waals surface area contributed by atoms with E-state index >= 15 is 0 Å². The predicted octanol–water partition coefficient (Wildman–Crippen LogP) is 5.15. The molecule has 0 aromatic carbocycles. The summed E-state index contributed by atoms with van der Waals surface area (Å²) in [6.45, 7) is 15.3. The zero-order valence-electron chi connectivity index (χ0n) is 18.6. The van der Waals surface area contributed by atoms with Crippen LogP contribution in [0.3, 0.4) is 0 Å². The van der Waals surface area contributed by atoms with Crippen molar-refractivity contribution in [3.8, 4) is 0 Å². The van der Waals surface area contributed by atoms with Crippen LogP contribution in [0.15, 0.2) is 11.6 Å². The molecule has 0 saturated heterocycles. The van der Waals surface area contributed by atoms with Crippen molar-refractivity contribution in [3.63, 3.8) is 0 Å². The molecule has 6 unspecified atom stereocenters. The lowest BCUT2D eigenvalue weighted by molar-refractivity contribution is -0.191. The number of carbonyl (C=O) groups excluding carboxylic acids is 1. The third-order valence-electron chi connectivity index (χ3n) is 8.84. The van der Waals surface area contributed by atoms with Gasteiger partial charge >= 0.3 is 0 Å². The number of aliphatic hydroxyl groups excluding tert-OH is 2. The van der Waals surface area contributed by atoms with Crippen molar-refractivity contribution in [2.45, 2.75) is 99.2 Å². The monoisotopic (exact) mass is 378 g/mol. The summed E-state index contributed by atoms with van der Waals surface area (Å²) in [6.07, 6.45) is 5.97. The van der Waals surface area contributed by atoms with Crippen LogP contribution in [-0.4, -0.2) is 28.2 Å². The van der Waals surface area contributed by atoms with Gasteiger partial charge in [0.25, 0.3) is 0 Å². The van der Waals surface area contributed by atoms with Crippen molar-refractivity contribution in [1.82, 2.24) is 0 Å². The second-order valence-corrected chi connectivity index (χ2v) is 9.43. The standard InChI is InChI=1S/C22H36O3.C2H6/c1-6-14-8-9-16(21(14,4)7-2)18-13(3)22(5)11-10-15(23)12-17(22)19(24)20(18)25;1-2/h6,13,16-20,24-25H,7-12H2,1-5H3;1-2H3/b14-6-;/t13?,16?,17?,18?,19-,20?,21?,22-;/m1./s1. The Balaban J connectivity index is 0.00000126. The SMILES string of the molecule is C/C=C1/CCC(C2C(O)[C@H](O)C3CC(=O)CC[C@]3(C)C2C)C1(C)CC.CC. The highest BCUT2D eigenvalue weighted by atomic mass is 16.3. The molecule has 3 aliphatic rings. The molecule has 0 amide bonds. The number of hydrogen-bond donors (Lipinski definition) is 2. The molecule has 3 aliphatic carbocycles. The number of fused-ring (bicyclic) bond motifs is 1. The fourth-order valence-corrected chi connectivity index (χ4v) is 6.77. The van der Waals surface area contributed by atoms with Crippen LogP contribution < -0.4 is 0 Å². The Hall–Kier alpha value is -0.670. The number of rotatable bonds is 2. The maximum absolute atomic E-state index is 12.0. The summed E-state index contributed by atoms with van der Waals surface area (Å²) in [5, 5.41) is 22.1. The summed E-state index contributed by atoms with van der Waals surface area (Å²) in [4.78, 5) is 12.0. The average Bonchev–Trinajstić information content (AvgIpc) is 3.00. The maximum atomic E-state index is 12.0. The van der Waals surface area contributed by atoms with Gasteiger partial charge in [-0.1, -0.05) is 53.2 Å². The van der Waals surface area contributed by atoms with Crippen LogP contribution in [0.25, 0.3) is 0 Å². The number of aliphatic hydroxyl groups is 2. The first-order chi connectivity index (χ1) is 12.7. The van der Waals surface area contributed by atoms with E-state index in [0.29, 0.717) is 24.7 Å².